The second-order valence-corrected chi connectivity index (χ2v) is 5.55. The van der Waals surface area contributed by atoms with Gasteiger partial charge in [-0.05, 0) is 40.4 Å². The number of hydrogen-bond donors (Lipinski definition) is 1. The van der Waals surface area contributed by atoms with E-state index >= 15 is 0 Å². The van der Waals surface area contributed by atoms with E-state index in [1.54, 1.807) is 0 Å². The zero-order valence-corrected chi connectivity index (χ0v) is 13.1. The lowest BCUT2D eigenvalue weighted by molar-refractivity contribution is 0.175. The van der Waals surface area contributed by atoms with E-state index in [0.29, 0.717) is 6.42 Å². The van der Waals surface area contributed by atoms with E-state index in [9.17, 15) is 5.11 Å². The summed E-state index contributed by atoms with van der Waals surface area (Å²) < 4.78 is 2.87. The molecule has 0 spiro atoms. The Morgan fingerprint density at radius 2 is 2.05 bits per heavy atom. The predicted molar refractivity (Wildman–Crippen MR) is 80.1 cm³/mol. The van der Waals surface area contributed by atoms with Crippen molar-refractivity contribution in [3.8, 4) is 0 Å². The number of aliphatic hydroxyl groups excluding tert-OH is 1. The molecular formula is C15H19BrN2O. The summed E-state index contributed by atoms with van der Waals surface area (Å²) in [4.78, 5) is 0. The molecule has 3 nitrogen and oxygen atoms in total. The third kappa shape index (κ3) is 2.90. The van der Waals surface area contributed by atoms with E-state index in [1.165, 1.54) is 0 Å². The molecule has 0 radical (unpaired) electrons. The predicted octanol–water partition coefficient (Wildman–Crippen LogP) is 3.33. The molecule has 2 rings (SSSR count). The molecule has 0 saturated heterocycles. The quantitative estimate of drug-likeness (QED) is 0.937. The standard InChI is InChI=1S/C15H19BrN2O/c1-4-12-15(16)13(18(3)17-12)9-14(19)11-8-6-5-7-10(11)2/h5-8,14,19H,4,9H2,1-3H3. The maximum absolute atomic E-state index is 10.4. The van der Waals surface area contributed by atoms with Gasteiger partial charge in [-0.3, -0.25) is 4.68 Å². The average Bonchev–Trinajstić information content (AvgIpc) is 2.66. The van der Waals surface area contributed by atoms with Crippen LogP contribution in [0, 0.1) is 6.92 Å². The molecule has 19 heavy (non-hydrogen) atoms. The molecule has 1 aromatic carbocycles. The van der Waals surface area contributed by atoms with Gasteiger partial charge in [0.15, 0.2) is 0 Å². The van der Waals surface area contributed by atoms with Crippen LogP contribution in [-0.2, 0) is 19.9 Å². The van der Waals surface area contributed by atoms with Gasteiger partial charge in [0.2, 0.25) is 0 Å². The maximum Gasteiger partial charge on any atom is 0.0848 e. The number of halogens is 1. The Hall–Kier alpha value is -1.13. The van der Waals surface area contributed by atoms with Crippen LogP contribution in [-0.4, -0.2) is 14.9 Å². The van der Waals surface area contributed by atoms with E-state index < -0.39 is 6.10 Å². The van der Waals surface area contributed by atoms with Crippen LogP contribution in [0.25, 0.3) is 0 Å². The Labute approximate surface area is 122 Å². The van der Waals surface area contributed by atoms with Gasteiger partial charge in [-0.1, -0.05) is 31.2 Å². The molecule has 1 unspecified atom stereocenters. The molecule has 0 amide bonds. The fourth-order valence-corrected chi connectivity index (χ4v) is 3.07. The smallest absolute Gasteiger partial charge is 0.0848 e. The largest absolute Gasteiger partial charge is 0.388 e. The number of hydrogen-bond acceptors (Lipinski definition) is 2. The van der Waals surface area contributed by atoms with Gasteiger partial charge < -0.3 is 5.11 Å². The van der Waals surface area contributed by atoms with Gasteiger partial charge >= 0.3 is 0 Å². The Bertz CT molecular complexity index is 578. The minimum Gasteiger partial charge on any atom is -0.388 e. The number of benzene rings is 1. The third-order valence-corrected chi connectivity index (χ3v) is 4.35. The first kappa shape index (κ1) is 14.3. The molecule has 0 aliphatic carbocycles. The zero-order chi connectivity index (χ0) is 14.0. The zero-order valence-electron chi connectivity index (χ0n) is 11.5. The summed E-state index contributed by atoms with van der Waals surface area (Å²) >= 11 is 3.59. The minimum atomic E-state index is -0.502. The average molecular weight is 323 g/mol. The van der Waals surface area contributed by atoms with E-state index in [2.05, 4.69) is 28.0 Å². The van der Waals surface area contributed by atoms with Crippen LogP contribution in [0.4, 0.5) is 0 Å². The molecular weight excluding hydrogens is 304 g/mol. The van der Waals surface area contributed by atoms with Crippen LogP contribution in [0.3, 0.4) is 0 Å². The maximum atomic E-state index is 10.4. The molecule has 0 aliphatic heterocycles. The van der Waals surface area contributed by atoms with E-state index in [1.807, 2.05) is 42.9 Å². The van der Waals surface area contributed by atoms with Crippen molar-refractivity contribution >= 4 is 15.9 Å². The van der Waals surface area contributed by atoms with Gasteiger partial charge in [0.05, 0.1) is 22.0 Å². The summed E-state index contributed by atoms with van der Waals surface area (Å²) in [6.07, 6.45) is 0.946. The fourth-order valence-electron chi connectivity index (χ4n) is 2.30. The van der Waals surface area contributed by atoms with Crippen LogP contribution in [0.1, 0.15) is 35.5 Å². The molecule has 0 saturated carbocycles. The molecule has 1 atom stereocenters. The molecule has 0 aliphatic rings. The van der Waals surface area contributed by atoms with Crippen LogP contribution in [0.15, 0.2) is 28.7 Å². The Morgan fingerprint density at radius 3 is 2.63 bits per heavy atom. The molecule has 2 aromatic rings. The Kier molecular flexibility index (Phi) is 4.42. The first-order valence-electron chi connectivity index (χ1n) is 6.48. The summed E-state index contributed by atoms with van der Waals surface area (Å²) in [6.45, 7) is 4.10. The van der Waals surface area contributed by atoms with Gasteiger partial charge in [-0.15, -0.1) is 0 Å². The second kappa shape index (κ2) is 5.88. The number of nitrogens with zero attached hydrogens (tertiary/aromatic N) is 2. The topological polar surface area (TPSA) is 38.0 Å². The van der Waals surface area contributed by atoms with E-state index in [4.69, 9.17) is 0 Å². The molecule has 0 bridgehead atoms. The van der Waals surface area contributed by atoms with Gasteiger partial charge in [-0.2, -0.15) is 5.10 Å². The van der Waals surface area contributed by atoms with E-state index in [-0.39, 0.29) is 0 Å². The fraction of sp³-hybridized carbons (Fsp3) is 0.400. The van der Waals surface area contributed by atoms with Crippen molar-refractivity contribution in [2.24, 2.45) is 7.05 Å². The summed E-state index contributed by atoms with van der Waals surface area (Å²) in [6, 6.07) is 7.95. The van der Waals surface area contributed by atoms with Crippen LogP contribution in [0.5, 0.6) is 0 Å². The normalized spacial score (nSPS) is 12.7. The molecule has 4 heteroatoms. The number of rotatable bonds is 4. The first-order chi connectivity index (χ1) is 9.04. The molecule has 1 N–H and O–H groups in total. The summed E-state index contributed by atoms with van der Waals surface area (Å²) in [5.41, 5.74) is 4.17. The van der Waals surface area contributed by atoms with Crippen LogP contribution < -0.4 is 0 Å². The van der Waals surface area contributed by atoms with E-state index in [0.717, 1.165) is 33.4 Å². The van der Waals surface area contributed by atoms with Crippen molar-refractivity contribution in [3.63, 3.8) is 0 Å². The third-order valence-electron chi connectivity index (χ3n) is 3.44. The Morgan fingerprint density at radius 1 is 1.37 bits per heavy atom. The van der Waals surface area contributed by atoms with Crippen molar-refractivity contribution < 1.29 is 5.11 Å². The highest BCUT2D eigenvalue weighted by Gasteiger charge is 2.18. The van der Waals surface area contributed by atoms with Crippen molar-refractivity contribution in [2.45, 2.75) is 32.8 Å². The molecule has 1 aromatic heterocycles. The highest BCUT2D eigenvalue weighted by Crippen LogP contribution is 2.27. The Balaban J connectivity index is 2.27. The monoisotopic (exact) mass is 322 g/mol. The van der Waals surface area contributed by atoms with Crippen LogP contribution >= 0.6 is 15.9 Å². The number of aromatic nitrogens is 2. The van der Waals surface area contributed by atoms with Gasteiger partial charge in [0.1, 0.15) is 0 Å². The highest BCUT2D eigenvalue weighted by atomic mass is 79.9. The summed E-state index contributed by atoms with van der Waals surface area (Å²) in [7, 11) is 1.92. The molecule has 0 fully saturated rings. The van der Waals surface area contributed by atoms with Crippen molar-refractivity contribution in [1.82, 2.24) is 9.78 Å². The minimum absolute atomic E-state index is 0.502. The SMILES string of the molecule is CCc1nn(C)c(CC(O)c2ccccc2C)c1Br. The first-order valence-corrected chi connectivity index (χ1v) is 7.27. The lowest BCUT2D eigenvalue weighted by Gasteiger charge is -2.14. The van der Waals surface area contributed by atoms with Crippen molar-refractivity contribution in [2.75, 3.05) is 0 Å². The molecule has 1 heterocycles. The van der Waals surface area contributed by atoms with Gasteiger partial charge in [0.25, 0.3) is 0 Å². The lowest BCUT2D eigenvalue weighted by Crippen LogP contribution is -2.08. The second-order valence-electron chi connectivity index (χ2n) is 4.76. The lowest BCUT2D eigenvalue weighted by atomic mass is 10.00. The summed E-state index contributed by atoms with van der Waals surface area (Å²) in [5, 5.41) is 14.9. The number of aryl methyl sites for hydroxylation is 3. The number of aliphatic hydroxyl groups is 1. The van der Waals surface area contributed by atoms with Gasteiger partial charge in [-0.25, -0.2) is 0 Å². The van der Waals surface area contributed by atoms with Gasteiger partial charge in [0, 0.05) is 13.5 Å². The summed E-state index contributed by atoms with van der Waals surface area (Å²) in [5.74, 6) is 0. The van der Waals surface area contributed by atoms with Crippen molar-refractivity contribution in [1.29, 1.82) is 0 Å². The highest BCUT2D eigenvalue weighted by molar-refractivity contribution is 9.10. The molecule has 102 valence electrons. The van der Waals surface area contributed by atoms with Crippen molar-refractivity contribution in [3.05, 3.63) is 51.3 Å². The van der Waals surface area contributed by atoms with Crippen LogP contribution in [0.2, 0.25) is 0 Å².